The van der Waals surface area contributed by atoms with Gasteiger partial charge in [-0.25, -0.2) is 0 Å². The van der Waals surface area contributed by atoms with Crippen molar-refractivity contribution in [2.75, 3.05) is 4.90 Å². The van der Waals surface area contributed by atoms with Crippen LogP contribution in [0.1, 0.15) is 11.1 Å². The van der Waals surface area contributed by atoms with Gasteiger partial charge >= 0.3 is 0 Å². The first kappa shape index (κ1) is 13.5. The lowest BCUT2D eigenvalue weighted by molar-refractivity contribution is -0.113. The Morgan fingerprint density at radius 3 is 2.38 bits per heavy atom. The average Bonchev–Trinajstić information content (AvgIpc) is 2.77. The number of para-hydroxylation sites is 1. The molecule has 0 spiro atoms. The minimum atomic E-state index is -0.133. The molecule has 0 aromatic heterocycles. The van der Waals surface area contributed by atoms with E-state index in [2.05, 4.69) is 5.32 Å². The predicted molar refractivity (Wildman–Crippen MR) is 88.8 cm³/mol. The molecular formula is C17H14N2OS. The van der Waals surface area contributed by atoms with E-state index < -0.39 is 0 Å². The molecule has 0 saturated carbocycles. The smallest absolute Gasteiger partial charge is 0.281 e. The molecule has 2 aromatic rings. The van der Waals surface area contributed by atoms with Crippen LogP contribution in [-0.2, 0) is 4.79 Å². The van der Waals surface area contributed by atoms with Crippen LogP contribution in [0.3, 0.4) is 0 Å². The van der Waals surface area contributed by atoms with Crippen LogP contribution in [0.2, 0.25) is 0 Å². The lowest BCUT2D eigenvalue weighted by Gasteiger charge is -2.13. The average molecular weight is 294 g/mol. The summed E-state index contributed by atoms with van der Waals surface area (Å²) >= 11 is 5.27. The molecule has 4 heteroatoms. The fourth-order valence-corrected chi connectivity index (χ4v) is 2.47. The van der Waals surface area contributed by atoms with Gasteiger partial charge < -0.3 is 5.32 Å². The fraction of sp³-hybridized carbons (Fsp3) is 0.0588. The van der Waals surface area contributed by atoms with Gasteiger partial charge in [-0.1, -0.05) is 48.0 Å². The van der Waals surface area contributed by atoms with Crippen LogP contribution >= 0.6 is 12.2 Å². The van der Waals surface area contributed by atoms with Crippen molar-refractivity contribution >= 4 is 35.0 Å². The Hall–Kier alpha value is -2.46. The number of nitrogens with one attached hydrogen (secondary N) is 1. The second-order valence-electron chi connectivity index (χ2n) is 4.87. The normalized spacial score (nSPS) is 16.4. The Morgan fingerprint density at radius 1 is 1.05 bits per heavy atom. The van der Waals surface area contributed by atoms with Gasteiger partial charge in [-0.05, 0) is 42.9 Å². The Labute approximate surface area is 128 Å². The maximum atomic E-state index is 12.5. The predicted octanol–water partition coefficient (Wildman–Crippen LogP) is 3.26. The van der Waals surface area contributed by atoms with E-state index in [4.69, 9.17) is 12.2 Å². The van der Waals surface area contributed by atoms with Crippen molar-refractivity contribution in [1.82, 2.24) is 5.32 Å². The van der Waals surface area contributed by atoms with Gasteiger partial charge in [0.15, 0.2) is 5.11 Å². The largest absolute Gasteiger partial charge is 0.327 e. The van der Waals surface area contributed by atoms with Crippen LogP contribution in [0, 0.1) is 6.92 Å². The van der Waals surface area contributed by atoms with Gasteiger partial charge in [0.25, 0.3) is 5.91 Å². The molecule has 0 unspecified atom stereocenters. The van der Waals surface area contributed by atoms with Gasteiger partial charge in [-0.3, -0.25) is 9.69 Å². The van der Waals surface area contributed by atoms with Crippen LogP contribution < -0.4 is 10.2 Å². The second kappa shape index (κ2) is 5.50. The molecule has 0 atom stereocenters. The SMILES string of the molecule is Cc1ccc(/C=C2\NC(=S)N(c3ccccc3)C2=O)cc1. The third kappa shape index (κ3) is 2.71. The van der Waals surface area contributed by atoms with Crippen LogP contribution in [0.25, 0.3) is 6.08 Å². The molecule has 2 aromatic carbocycles. The number of rotatable bonds is 2. The highest BCUT2D eigenvalue weighted by atomic mass is 32.1. The Bertz CT molecular complexity index is 720. The summed E-state index contributed by atoms with van der Waals surface area (Å²) in [6.07, 6.45) is 1.82. The van der Waals surface area contributed by atoms with Gasteiger partial charge in [0, 0.05) is 0 Å². The van der Waals surface area contributed by atoms with Gasteiger partial charge in [-0.15, -0.1) is 0 Å². The van der Waals surface area contributed by atoms with Gasteiger partial charge in [0.2, 0.25) is 0 Å². The lowest BCUT2D eigenvalue weighted by atomic mass is 10.1. The van der Waals surface area contributed by atoms with E-state index in [1.54, 1.807) is 0 Å². The van der Waals surface area contributed by atoms with Gasteiger partial charge in [0.1, 0.15) is 5.70 Å². The number of carbonyl (C=O) groups is 1. The highest BCUT2D eigenvalue weighted by Crippen LogP contribution is 2.22. The highest BCUT2D eigenvalue weighted by molar-refractivity contribution is 7.80. The van der Waals surface area contributed by atoms with E-state index in [0.717, 1.165) is 11.3 Å². The molecule has 0 aliphatic carbocycles. The van der Waals surface area contributed by atoms with E-state index in [1.807, 2.05) is 67.6 Å². The fourth-order valence-electron chi connectivity index (χ4n) is 2.18. The molecular weight excluding hydrogens is 280 g/mol. The van der Waals surface area contributed by atoms with Crippen molar-refractivity contribution < 1.29 is 4.79 Å². The van der Waals surface area contributed by atoms with Crippen LogP contribution in [0.15, 0.2) is 60.3 Å². The second-order valence-corrected chi connectivity index (χ2v) is 5.26. The third-order valence-electron chi connectivity index (χ3n) is 3.28. The molecule has 1 fully saturated rings. The number of amides is 1. The topological polar surface area (TPSA) is 32.3 Å². The number of aryl methyl sites for hydroxylation is 1. The minimum Gasteiger partial charge on any atom is -0.327 e. The van der Waals surface area contributed by atoms with Crippen molar-refractivity contribution in [2.24, 2.45) is 0 Å². The zero-order valence-electron chi connectivity index (χ0n) is 11.5. The quantitative estimate of drug-likeness (QED) is 0.681. The van der Waals surface area contributed by atoms with E-state index in [1.165, 1.54) is 10.5 Å². The molecule has 1 heterocycles. The molecule has 1 saturated heterocycles. The van der Waals surface area contributed by atoms with E-state index in [9.17, 15) is 4.79 Å². The number of hydrogen-bond donors (Lipinski definition) is 1. The van der Waals surface area contributed by atoms with Crippen molar-refractivity contribution in [3.05, 3.63) is 71.4 Å². The number of thiocarbonyl (C=S) groups is 1. The number of hydrogen-bond acceptors (Lipinski definition) is 2. The van der Waals surface area contributed by atoms with E-state index in [0.29, 0.717) is 10.8 Å². The first-order valence-electron chi connectivity index (χ1n) is 6.64. The molecule has 1 aliphatic rings. The highest BCUT2D eigenvalue weighted by Gasteiger charge is 2.31. The summed E-state index contributed by atoms with van der Waals surface area (Å²) in [6.45, 7) is 2.03. The monoisotopic (exact) mass is 294 g/mol. The standard InChI is InChI=1S/C17H14N2OS/c1-12-7-9-13(10-8-12)11-15-16(20)19(17(21)18-15)14-5-3-2-4-6-14/h2-11H,1H3,(H,18,21)/b15-11-. The first-order chi connectivity index (χ1) is 10.1. The maximum Gasteiger partial charge on any atom is 0.281 e. The van der Waals surface area contributed by atoms with Crippen molar-refractivity contribution in [3.8, 4) is 0 Å². The molecule has 0 bridgehead atoms. The summed E-state index contributed by atoms with van der Waals surface area (Å²) in [5.41, 5.74) is 3.42. The maximum absolute atomic E-state index is 12.5. The zero-order chi connectivity index (χ0) is 14.8. The summed E-state index contributed by atoms with van der Waals surface area (Å²) in [4.78, 5) is 14.0. The minimum absolute atomic E-state index is 0.133. The van der Waals surface area contributed by atoms with Crippen molar-refractivity contribution in [2.45, 2.75) is 6.92 Å². The van der Waals surface area contributed by atoms with Crippen LogP contribution in [-0.4, -0.2) is 11.0 Å². The molecule has 1 N–H and O–H groups in total. The van der Waals surface area contributed by atoms with E-state index >= 15 is 0 Å². The molecule has 0 radical (unpaired) electrons. The molecule has 21 heavy (non-hydrogen) atoms. The summed E-state index contributed by atoms with van der Waals surface area (Å²) in [6, 6.07) is 17.4. The Kier molecular flexibility index (Phi) is 3.54. The Balaban J connectivity index is 1.92. The molecule has 3 rings (SSSR count). The summed E-state index contributed by atoms with van der Waals surface area (Å²) < 4.78 is 0. The lowest BCUT2D eigenvalue weighted by Crippen LogP contribution is -2.30. The van der Waals surface area contributed by atoms with Crippen LogP contribution in [0.4, 0.5) is 5.69 Å². The third-order valence-corrected chi connectivity index (χ3v) is 3.57. The summed E-state index contributed by atoms with van der Waals surface area (Å²) in [5.74, 6) is -0.133. The molecule has 1 amide bonds. The van der Waals surface area contributed by atoms with Crippen molar-refractivity contribution in [1.29, 1.82) is 0 Å². The number of nitrogens with zero attached hydrogens (tertiary/aromatic N) is 1. The first-order valence-corrected chi connectivity index (χ1v) is 7.05. The zero-order valence-corrected chi connectivity index (χ0v) is 12.4. The number of anilines is 1. The van der Waals surface area contributed by atoms with Gasteiger partial charge in [-0.2, -0.15) is 0 Å². The molecule has 3 nitrogen and oxygen atoms in total. The van der Waals surface area contributed by atoms with E-state index in [-0.39, 0.29) is 5.91 Å². The van der Waals surface area contributed by atoms with Crippen LogP contribution in [0.5, 0.6) is 0 Å². The van der Waals surface area contributed by atoms with Gasteiger partial charge in [0.05, 0.1) is 5.69 Å². The van der Waals surface area contributed by atoms with Crippen molar-refractivity contribution in [3.63, 3.8) is 0 Å². The number of benzene rings is 2. The Morgan fingerprint density at radius 2 is 1.71 bits per heavy atom. The summed E-state index contributed by atoms with van der Waals surface area (Å²) in [7, 11) is 0. The molecule has 104 valence electrons. The number of carbonyl (C=O) groups excluding carboxylic acids is 1. The summed E-state index contributed by atoms with van der Waals surface area (Å²) in [5, 5.41) is 3.39. The molecule has 1 aliphatic heterocycles.